The van der Waals surface area contributed by atoms with E-state index in [1.54, 1.807) is 14.2 Å². The maximum absolute atomic E-state index is 5.13. The lowest BCUT2D eigenvalue weighted by Crippen LogP contribution is -2.24. The summed E-state index contributed by atoms with van der Waals surface area (Å²) >= 11 is 0. The van der Waals surface area contributed by atoms with E-state index in [0.717, 1.165) is 0 Å². The summed E-state index contributed by atoms with van der Waals surface area (Å²) in [5, 5.41) is 0. The Balaban J connectivity index is 3.79. The van der Waals surface area contributed by atoms with E-state index < -0.39 is 0 Å². The van der Waals surface area contributed by atoms with Gasteiger partial charge >= 0.3 is 0 Å². The van der Waals surface area contributed by atoms with Crippen molar-refractivity contribution < 1.29 is 9.47 Å². The molecule has 0 N–H and O–H groups in total. The number of hydrogen-bond acceptors (Lipinski definition) is 2. The number of ether oxygens (including phenoxy) is 2. The van der Waals surface area contributed by atoms with Crippen molar-refractivity contribution in [2.24, 2.45) is 0 Å². The van der Waals surface area contributed by atoms with Crippen molar-refractivity contribution in [3.8, 4) is 0 Å². The fourth-order valence-electron chi connectivity index (χ4n) is 0.750. The molecule has 0 aromatic carbocycles. The Morgan fingerprint density at radius 3 is 2.10 bits per heavy atom. The third-order valence-electron chi connectivity index (χ3n) is 1.49. The van der Waals surface area contributed by atoms with Gasteiger partial charge in [-0.15, -0.1) is 0 Å². The molecule has 2 heteroatoms. The minimum Gasteiger partial charge on any atom is -0.379 e. The molecule has 0 aromatic heterocycles. The van der Waals surface area contributed by atoms with E-state index in [4.69, 9.17) is 9.47 Å². The number of methoxy groups -OCH3 is 2. The van der Waals surface area contributed by atoms with Crippen molar-refractivity contribution in [1.82, 2.24) is 0 Å². The highest BCUT2D eigenvalue weighted by Crippen LogP contribution is 2.02. The Hall–Kier alpha value is -0.340. The van der Waals surface area contributed by atoms with Gasteiger partial charge in [-0.25, -0.2) is 0 Å². The second-order valence-electron chi connectivity index (χ2n) is 2.17. The lowest BCUT2D eigenvalue weighted by atomic mass is 10.2. The third kappa shape index (κ3) is 2.99. The lowest BCUT2D eigenvalue weighted by Gasteiger charge is -2.17. The summed E-state index contributed by atoms with van der Waals surface area (Å²) in [5.41, 5.74) is 0. The molecule has 60 valence electrons. The quantitative estimate of drug-likeness (QED) is 0.558. The van der Waals surface area contributed by atoms with Crippen LogP contribution in [-0.2, 0) is 9.47 Å². The van der Waals surface area contributed by atoms with Crippen molar-refractivity contribution in [2.75, 3.05) is 14.2 Å². The van der Waals surface area contributed by atoms with Gasteiger partial charge in [-0.1, -0.05) is 12.2 Å². The average molecular weight is 144 g/mol. The van der Waals surface area contributed by atoms with Gasteiger partial charge in [0.1, 0.15) is 6.10 Å². The first-order chi connectivity index (χ1) is 4.76. The standard InChI is InChI=1S/C8H16O2/c1-5-6-8(10-4)7(2)9-3/h5-8H,1-4H3. The van der Waals surface area contributed by atoms with E-state index in [9.17, 15) is 0 Å². The predicted octanol–water partition coefficient (Wildman–Crippen LogP) is 1.61. The van der Waals surface area contributed by atoms with Gasteiger partial charge in [0.15, 0.2) is 0 Å². The van der Waals surface area contributed by atoms with Crippen molar-refractivity contribution in [1.29, 1.82) is 0 Å². The molecular formula is C8H16O2. The van der Waals surface area contributed by atoms with Crippen LogP contribution in [-0.4, -0.2) is 26.4 Å². The molecule has 2 nitrogen and oxygen atoms in total. The SMILES string of the molecule is CC=CC(OC)C(C)OC. The van der Waals surface area contributed by atoms with Gasteiger partial charge in [0.25, 0.3) is 0 Å². The largest absolute Gasteiger partial charge is 0.379 e. The summed E-state index contributed by atoms with van der Waals surface area (Å²) in [6.45, 7) is 3.95. The molecule has 2 unspecified atom stereocenters. The van der Waals surface area contributed by atoms with Crippen molar-refractivity contribution in [2.45, 2.75) is 26.1 Å². The van der Waals surface area contributed by atoms with Crippen LogP contribution >= 0.6 is 0 Å². The van der Waals surface area contributed by atoms with Gasteiger partial charge in [-0.05, 0) is 13.8 Å². The molecule has 0 amide bonds. The molecule has 0 heterocycles. The number of rotatable bonds is 4. The molecule has 2 atom stereocenters. The zero-order chi connectivity index (χ0) is 7.98. The van der Waals surface area contributed by atoms with Crippen LogP contribution < -0.4 is 0 Å². The highest BCUT2D eigenvalue weighted by Gasteiger charge is 2.10. The molecular weight excluding hydrogens is 128 g/mol. The molecule has 10 heavy (non-hydrogen) atoms. The van der Waals surface area contributed by atoms with Crippen LogP contribution in [0.3, 0.4) is 0 Å². The van der Waals surface area contributed by atoms with Gasteiger partial charge in [0.2, 0.25) is 0 Å². The third-order valence-corrected chi connectivity index (χ3v) is 1.49. The maximum Gasteiger partial charge on any atom is 0.101 e. The Kier molecular flexibility index (Phi) is 5.26. The van der Waals surface area contributed by atoms with Gasteiger partial charge < -0.3 is 9.47 Å². The monoisotopic (exact) mass is 144 g/mol. The molecule has 0 aromatic rings. The normalized spacial score (nSPS) is 17.6. The van der Waals surface area contributed by atoms with E-state index in [1.807, 2.05) is 26.0 Å². The molecule has 0 spiro atoms. The fraction of sp³-hybridized carbons (Fsp3) is 0.750. The molecule has 0 fully saturated rings. The summed E-state index contributed by atoms with van der Waals surface area (Å²) in [6, 6.07) is 0. The summed E-state index contributed by atoms with van der Waals surface area (Å²) in [6.07, 6.45) is 4.15. The molecule has 0 saturated heterocycles. The average Bonchev–Trinajstić information content (AvgIpc) is 1.99. The van der Waals surface area contributed by atoms with Gasteiger partial charge in [-0.3, -0.25) is 0 Å². The van der Waals surface area contributed by atoms with E-state index in [-0.39, 0.29) is 12.2 Å². The van der Waals surface area contributed by atoms with E-state index >= 15 is 0 Å². The summed E-state index contributed by atoms with van der Waals surface area (Å²) in [4.78, 5) is 0. The predicted molar refractivity (Wildman–Crippen MR) is 42.1 cm³/mol. The van der Waals surface area contributed by atoms with E-state index in [0.29, 0.717) is 0 Å². The molecule has 0 rings (SSSR count). The Labute approximate surface area is 62.8 Å². The highest BCUT2D eigenvalue weighted by atomic mass is 16.5. The smallest absolute Gasteiger partial charge is 0.101 e. The van der Waals surface area contributed by atoms with Crippen molar-refractivity contribution >= 4 is 0 Å². The Morgan fingerprint density at radius 1 is 1.20 bits per heavy atom. The first-order valence-corrected chi connectivity index (χ1v) is 3.44. The Bertz CT molecular complexity index is 99.4. The van der Waals surface area contributed by atoms with Crippen LogP contribution in [0.15, 0.2) is 12.2 Å². The van der Waals surface area contributed by atoms with Crippen molar-refractivity contribution in [3.05, 3.63) is 12.2 Å². The molecule has 0 saturated carbocycles. The first-order valence-electron chi connectivity index (χ1n) is 3.44. The van der Waals surface area contributed by atoms with Gasteiger partial charge in [0.05, 0.1) is 6.10 Å². The van der Waals surface area contributed by atoms with Crippen LogP contribution in [0.4, 0.5) is 0 Å². The molecule has 0 aliphatic rings. The first kappa shape index (κ1) is 9.66. The van der Waals surface area contributed by atoms with Crippen molar-refractivity contribution in [3.63, 3.8) is 0 Å². The summed E-state index contributed by atoms with van der Waals surface area (Å²) < 4.78 is 10.2. The summed E-state index contributed by atoms with van der Waals surface area (Å²) in [7, 11) is 3.36. The minimum atomic E-state index is 0.0787. The lowest BCUT2D eigenvalue weighted by molar-refractivity contribution is -0.000634. The molecule has 0 aliphatic heterocycles. The highest BCUT2D eigenvalue weighted by molar-refractivity contribution is 4.89. The zero-order valence-corrected chi connectivity index (χ0v) is 7.13. The van der Waals surface area contributed by atoms with E-state index in [2.05, 4.69) is 0 Å². The summed E-state index contributed by atoms with van der Waals surface area (Å²) in [5.74, 6) is 0. The van der Waals surface area contributed by atoms with E-state index in [1.165, 1.54) is 0 Å². The number of allylic oxidation sites excluding steroid dienone is 1. The van der Waals surface area contributed by atoms with Gasteiger partial charge in [0, 0.05) is 14.2 Å². The van der Waals surface area contributed by atoms with Crippen LogP contribution in [0.1, 0.15) is 13.8 Å². The minimum absolute atomic E-state index is 0.0787. The molecule has 0 aliphatic carbocycles. The van der Waals surface area contributed by atoms with Crippen LogP contribution in [0.5, 0.6) is 0 Å². The second-order valence-corrected chi connectivity index (χ2v) is 2.17. The molecule has 0 radical (unpaired) electrons. The van der Waals surface area contributed by atoms with Crippen LogP contribution in [0.2, 0.25) is 0 Å². The topological polar surface area (TPSA) is 18.5 Å². The fourth-order valence-corrected chi connectivity index (χ4v) is 0.750. The van der Waals surface area contributed by atoms with Crippen LogP contribution in [0.25, 0.3) is 0 Å². The van der Waals surface area contributed by atoms with Crippen LogP contribution in [0, 0.1) is 0 Å². The molecule has 0 bridgehead atoms. The van der Waals surface area contributed by atoms with Gasteiger partial charge in [-0.2, -0.15) is 0 Å². The number of hydrogen-bond donors (Lipinski definition) is 0. The maximum atomic E-state index is 5.13. The Morgan fingerprint density at radius 2 is 1.80 bits per heavy atom. The second kappa shape index (κ2) is 5.45. The zero-order valence-electron chi connectivity index (χ0n) is 7.13.